The highest BCUT2D eigenvalue weighted by molar-refractivity contribution is 6.87. The lowest BCUT2D eigenvalue weighted by atomic mass is 9.65. The van der Waals surface area contributed by atoms with E-state index in [0.717, 1.165) is 19.4 Å². The molecule has 120 valence electrons. The highest BCUT2D eigenvalue weighted by Gasteiger charge is 2.17. The first-order valence-corrected chi connectivity index (χ1v) is 8.50. The van der Waals surface area contributed by atoms with Crippen LogP contribution in [0.15, 0.2) is 71.4 Å². The van der Waals surface area contributed by atoms with Crippen molar-refractivity contribution in [3.05, 3.63) is 71.8 Å². The molecule has 4 heteroatoms. The van der Waals surface area contributed by atoms with E-state index in [1.165, 1.54) is 11.1 Å². The first-order chi connectivity index (χ1) is 11.2. The van der Waals surface area contributed by atoms with Gasteiger partial charge in [-0.25, -0.2) is 0 Å². The standard InChI is InChI=1S/C19H28B2N2/c1-5-8-13-18(12-6-2)19(7-3)23(21-20)22-16(4)17-14-10-9-11-15-17/h5-6,8-15,19,21H,7,20H2,1-4H3/b8-5-,12-6-,18-13+,22-16+. The third-order valence-electron chi connectivity index (χ3n) is 3.77. The van der Waals surface area contributed by atoms with Crippen molar-refractivity contribution in [3.8, 4) is 0 Å². The van der Waals surface area contributed by atoms with Crippen LogP contribution < -0.4 is 0 Å². The maximum Gasteiger partial charge on any atom is 0.217 e. The number of allylic oxidation sites excluding steroid dienone is 4. The van der Waals surface area contributed by atoms with Crippen LogP contribution >= 0.6 is 0 Å². The summed E-state index contributed by atoms with van der Waals surface area (Å²) in [6.45, 7) is 8.40. The molecule has 0 aliphatic carbocycles. The van der Waals surface area contributed by atoms with Crippen molar-refractivity contribution < 1.29 is 0 Å². The molecule has 0 heterocycles. The van der Waals surface area contributed by atoms with Crippen LogP contribution in [0, 0.1) is 0 Å². The molecule has 23 heavy (non-hydrogen) atoms. The quantitative estimate of drug-likeness (QED) is 0.311. The molecule has 1 aromatic rings. The minimum absolute atomic E-state index is 0.283. The third-order valence-corrected chi connectivity index (χ3v) is 3.77. The van der Waals surface area contributed by atoms with E-state index >= 15 is 0 Å². The maximum atomic E-state index is 4.90. The summed E-state index contributed by atoms with van der Waals surface area (Å²) in [7, 11) is 3.04. The highest BCUT2D eigenvalue weighted by atomic mass is 15.4. The molecule has 1 unspecified atom stereocenters. The summed E-state index contributed by atoms with van der Waals surface area (Å²) in [4.78, 5) is 2.19. The molecule has 0 amide bonds. The largest absolute Gasteiger partial charge is 0.347 e. The van der Waals surface area contributed by atoms with Gasteiger partial charge in [-0.15, -0.1) is 0 Å². The first kappa shape index (κ1) is 19.1. The Kier molecular flexibility index (Phi) is 8.89. The van der Waals surface area contributed by atoms with E-state index in [1.54, 1.807) is 0 Å². The van der Waals surface area contributed by atoms with Gasteiger partial charge in [0, 0.05) is 0 Å². The van der Waals surface area contributed by atoms with E-state index in [-0.39, 0.29) is 6.04 Å². The Balaban J connectivity index is 3.13. The molecule has 0 aliphatic rings. The van der Waals surface area contributed by atoms with Gasteiger partial charge in [-0.1, -0.05) is 67.6 Å². The minimum atomic E-state index is 0.283. The van der Waals surface area contributed by atoms with Crippen molar-refractivity contribution in [1.82, 2.24) is 4.92 Å². The number of nitrogens with zero attached hydrogens (tertiary/aromatic N) is 2. The summed E-state index contributed by atoms with van der Waals surface area (Å²) in [5.41, 5.74) is 3.52. The molecule has 0 radical (unpaired) electrons. The zero-order valence-electron chi connectivity index (χ0n) is 15.2. The Morgan fingerprint density at radius 1 is 1.26 bits per heavy atom. The van der Waals surface area contributed by atoms with Crippen molar-refractivity contribution in [2.24, 2.45) is 5.10 Å². The van der Waals surface area contributed by atoms with E-state index < -0.39 is 0 Å². The van der Waals surface area contributed by atoms with Gasteiger partial charge in [0.05, 0.1) is 19.5 Å². The zero-order valence-corrected chi connectivity index (χ0v) is 15.2. The van der Waals surface area contributed by atoms with Gasteiger partial charge in [0.25, 0.3) is 0 Å². The fourth-order valence-electron chi connectivity index (χ4n) is 2.59. The molecule has 0 N–H and O–H groups in total. The lowest BCUT2D eigenvalue weighted by Crippen LogP contribution is -2.36. The van der Waals surface area contributed by atoms with Crippen molar-refractivity contribution in [2.75, 3.05) is 0 Å². The predicted octanol–water partition coefficient (Wildman–Crippen LogP) is 3.47. The first-order valence-electron chi connectivity index (χ1n) is 8.50. The molecule has 0 saturated carbocycles. The maximum absolute atomic E-state index is 4.90. The van der Waals surface area contributed by atoms with E-state index in [1.807, 2.05) is 13.0 Å². The van der Waals surface area contributed by atoms with Crippen molar-refractivity contribution in [2.45, 2.75) is 40.2 Å². The molecular formula is C19H28B2N2. The van der Waals surface area contributed by atoms with Gasteiger partial charge in [0.2, 0.25) is 7.31 Å². The summed E-state index contributed by atoms with van der Waals surface area (Å²) >= 11 is 0. The Morgan fingerprint density at radius 2 is 1.96 bits per heavy atom. The summed E-state index contributed by atoms with van der Waals surface area (Å²) in [5, 5.41) is 4.90. The average Bonchev–Trinajstić information content (AvgIpc) is 2.59. The highest BCUT2D eigenvalue weighted by Crippen LogP contribution is 2.17. The Labute approximate surface area is 143 Å². The van der Waals surface area contributed by atoms with Crippen LogP contribution in [0.2, 0.25) is 0 Å². The molecule has 2 nitrogen and oxygen atoms in total. The fraction of sp³-hybridized carbons (Fsp3) is 0.316. The number of hydrogen-bond acceptors (Lipinski definition) is 2. The number of rotatable bonds is 8. The van der Waals surface area contributed by atoms with Crippen molar-refractivity contribution in [3.63, 3.8) is 0 Å². The monoisotopic (exact) mass is 306 g/mol. The Hall–Kier alpha value is -1.96. The average molecular weight is 306 g/mol. The summed E-state index contributed by atoms with van der Waals surface area (Å²) in [6.07, 6.45) is 11.6. The number of hydrogen-bond donors (Lipinski definition) is 0. The molecule has 0 fully saturated rings. The van der Waals surface area contributed by atoms with Gasteiger partial charge < -0.3 is 4.92 Å². The summed E-state index contributed by atoms with van der Waals surface area (Å²) in [5.74, 6) is 0. The van der Waals surface area contributed by atoms with Gasteiger partial charge in [-0.2, -0.15) is 5.10 Å². The number of benzene rings is 1. The Bertz CT molecular complexity index is 574. The van der Waals surface area contributed by atoms with Crippen LogP contribution in [-0.4, -0.2) is 31.7 Å². The van der Waals surface area contributed by atoms with Crippen LogP contribution in [0.25, 0.3) is 0 Å². The van der Waals surface area contributed by atoms with Crippen LogP contribution in [0.5, 0.6) is 0 Å². The second-order valence-electron chi connectivity index (χ2n) is 5.42. The van der Waals surface area contributed by atoms with E-state index in [4.69, 9.17) is 5.10 Å². The van der Waals surface area contributed by atoms with Crippen LogP contribution in [0.1, 0.15) is 39.7 Å². The summed E-state index contributed by atoms with van der Waals surface area (Å²) in [6, 6.07) is 10.6. The molecule has 0 aliphatic heterocycles. The summed E-state index contributed by atoms with van der Waals surface area (Å²) < 4.78 is 0. The van der Waals surface area contributed by atoms with E-state index in [0.29, 0.717) is 0 Å². The van der Waals surface area contributed by atoms with E-state index in [2.05, 4.69) is 88.1 Å². The topological polar surface area (TPSA) is 15.6 Å². The lowest BCUT2D eigenvalue weighted by Gasteiger charge is -2.30. The SMILES string of the molecule is BBN(/N=C(\C)c1ccccc1)C(CC)C(/C=C\C)=C/C=C\C. The van der Waals surface area contributed by atoms with Crippen LogP contribution in [0.3, 0.4) is 0 Å². The van der Waals surface area contributed by atoms with Gasteiger partial charge >= 0.3 is 0 Å². The van der Waals surface area contributed by atoms with Crippen LogP contribution in [-0.2, 0) is 0 Å². The number of hydrazone groups is 1. The van der Waals surface area contributed by atoms with Gasteiger partial charge in [-0.3, -0.25) is 0 Å². The second-order valence-corrected chi connectivity index (χ2v) is 5.42. The molecular weight excluding hydrogens is 278 g/mol. The molecule has 0 aromatic heterocycles. The fourth-order valence-corrected chi connectivity index (χ4v) is 2.59. The normalized spacial score (nSPS) is 14.4. The zero-order chi connectivity index (χ0) is 17.1. The molecule has 0 saturated heterocycles. The van der Waals surface area contributed by atoms with E-state index in [9.17, 15) is 0 Å². The predicted molar refractivity (Wildman–Crippen MR) is 108 cm³/mol. The Morgan fingerprint density at radius 3 is 2.48 bits per heavy atom. The lowest BCUT2D eigenvalue weighted by molar-refractivity contribution is 0.386. The molecule has 1 rings (SSSR count). The molecule has 0 spiro atoms. The molecule has 1 aromatic carbocycles. The smallest absolute Gasteiger partial charge is 0.217 e. The van der Waals surface area contributed by atoms with Crippen LogP contribution in [0.4, 0.5) is 0 Å². The van der Waals surface area contributed by atoms with Crippen molar-refractivity contribution >= 4 is 20.8 Å². The second kappa shape index (κ2) is 10.7. The van der Waals surface area contributed by atoms with Gasteiger partial charge in [0.15, 0.2) is 0 Å². The van der Waals surface area contributed by atoms with Gasteiger partial charge in [-0.05, 0) is 38.3 Å². The molecule has 1 atom stereocenters. The molecule has 0 bridgehead atoms. The third kappa shape index (κ3) is 5.97. The van der Waals surface area contributed by atoms with Gasteiger partial charge in [0.1, 0.15) is 0 Å². The minimum Gasteiger partial charge on any atom is -0.347 e. The van der Waals surface area contributed by atoms with Crippen molar-refractivity contribution in [1.29, 1.82) is 0 Å².